The molecule has 0 N–H and O–H groups in total. The molecule has 0 bridgehead atoms. The SMILES string of the molecule is CC1CN(C(=O)c2ccc(S(=O)(=O)Cl)cc2F)CC1C. The van der Waals surface area contributed by atoms with Gasteiger partial charge in [0.15, 0.2) is 0 Å². The minimum atomic E-state index is -4.00. The molecule has 1 saturated heterocycles. The zero-order valence-electron chi connectivity index (χ0n) is 11.1. The number of hydrogen-bond donors (Lipinski definition) is 0. The first-order chi connectivity index (χ1) is 9.20. The van der Waals surface area contributed by atoms with Gasteiger partial charge in [-0.05, 0) is 30.0 Å². The topological polar surface area (TPSA) is 54.5 Å². The van der Waals surface area contributed by atoms with Crippen LogP contribution in [0.15, 0.2) is 23.1 Å². The molecule has 20 heavy (non-hydrogen) atoms. The average Bonchev–Trinajstić information content (AvgIpc) is 2.67. The average molecular weight is 320 g/mol. The van der Waals surface area contributed by atoms with Crippen LogP contribution in [-0.4, -0.2) is 32.3 Å². The molecule has 2 atom stereocenters. The number of rotatable bonds is 2. The molecule has 7 heteroatoms. The molecule has 1 amide bonds. The number of hydrogen-bond acceptors (Lipinski definition) is 3. The number of halogens is 2. The van der Waals surface area contributed by atoms with Gasteiger partial charge in [0.05, 0.1) is 10.5 Å². The van der Waals surface area contributed by atoms with Crippen LogP contribution in [-0.2, 0) is 9.05 Å². The number of carbonyl (C=O) groups is 1. The zero-order chi connectivity index (χ0) is 15.1. The summed E-state index contributed by atoms with van der Waals surface area (Å²) in [6, 6.07) is 3.08. The normalized spacial score (nSPS) is 23.1. The van der Waals surface area contributed by atoms with Gasteiger partial charge < -0.3 is 4.90 Å². The van der Waals surface area contributed by atoms with Crippen molar-refractivity contribution in [1.82, 2.24) is 4.90 Å². The van der Waals surface area contributed by atoms with Crippen molar-refractivity contribution in [3.63, 3.8) is 0 Å². The van der Waals surface area contributed by atoms with E-state index in [-0.39, 0.29) is 10.5 Å². The van der Waals surface area contributed by atoms with E-state index in [0.29, 0.717) is 24.9 Å². The fraction of sp³-hybridized carbons (Fsp3) is 0.462. The maximum Gasteiger partial charge on any atom is 0.261 e. The van der Waals surface area contributed by atoms with E-state index in [1.54, 1.807) is 4.90 Å². The molecule has 2 unspecified atom stereocenters. The van der Waals surface area contributed by atoms with E-state index in [2.05, 4.69) is 0 Å². The van der Waals surface area contributed by atoms with Crippen molar-refractivity contribution in [3.8, 4) is 0 Å². The summed E-state index contributed by atoms with van der Waals surface area (Å²) in [7, 11) is 1.14. The maximum absolute atomic E-state index is 13.9. The molecule has 1 aliphatic rings. The molecule has 0 radical (unpaired) electrons. The molecular formula is C13H15ClFNO3S. The van der Waals surface area contributed by atoms with Crippen molar-refractivity contribution in [2.24, 2.45) is 11.8 Å². The van der Waals surface area contributed by atoms with Crippen LogP contribution >= 0.6 is 10.7 Å². The van der Waals surface area contributed by atoms with Crippen LogP contribution in [0.2, 0.25) is 0 Å². The standard InChI is InChI=1S/C13H15ClFNO3S/c1-8-6-16(7-9(8)2)13(17)11-4-3-10(5-12(11)15)20(14,18)19/h3-5,8-9H,6-7H2,1-2H3. The van der Waals surface area contributed by atoms with Gasteiger partial charge >= 0.3 is 0 Å². The van der Waals surface area contributed by atoms with Crippen molar-refractivity contribution in [2.45, 2.75) is 18.7 Å². The minimum absolute atomic E-state index is 0.129. The molecule has 0 aromatic heterocycles. The summed E-state index contributed by atoms with van der Waals surface area (Å²) in [6.45, 7) is 5.24. The van der Waals surface area contributed by atoms with Gasteiger partial charge in [0.2, 0.25) is 0 Å². The Kier molecular flexibility index (Phi) is 4.07. The number of likely N-dealkylation sites (tertiary alicyclic amines) is 1. The Morgan fingerprint density at radius 1 is 1.30 bits per heavy atom. The second kappa shape index (κ2) is 5.33. The smallest absolute Gasteiger partial charge is 0.261 e. The molecule has 1 aromatic carbocycles. The van der Waals surface area contributed by atoms with E-state index in [9.17, 15) is 17.6 Å². The predicted molar refractivity (Wildman–Crippen MR) is 73.7 cm³/mol. The first kappa shape index (κ1) is 15.3. The van der Waals surface area contributed by atoms with Crippen molar-refractivity contribution < 1.29 is 17.6 Å². The lowest BCUT2D eigenvalue weighted by Crippen LogP contribution is -2.29. The second-order valence-electron chi connectivity index (χ2n) is 5.24. The highest BCUT2D eigenvalue weighted by Crippen LogP contribution is 2.25. The monoisotopic (exact) mass is 319 g/mol. The largest absolute Gasteiger partial charge is 0.338 e. The fourth-order valence-electron chi connectivity index (χ4n) is 2.29. The van der Waals surface area contributed by atoms with Gasteiger partial charge in [-0.1, -0.05) is 13.8 Å². The lowest BCUT2D eigenvalue weighted by atomic mass is 10.0. The molecule has 0 aliphatic carbocycles. The number of amides is 1. The molecule has 2 rings (SSSR count). The van der Waals surface area contributed by atoms with Gasteiger partial charge in [-0.25, -0.2) is 12.8 Å². The minimum Gasteiger partial charge on any atom is -0.338 e. The molecule has 1 aliphatic heterocycles. The summed E-state index contributed by atoms with van der Waals surface area (Å²) < 4.78 is 36.1. The van der Waals surface area contributed by atoms with Gasteiger partial charge in [-0.2, -0.15) is 0 Å². The molecule has 4 nitrogen and oxygen atoms in total. The highest BCUT2D eigenvalue weighted by Gasteiger charge is 2.31. The Bertz CT molecular complexity index is 637. The van der Waals surface area contributed by atoms with Crippen molar-refractivity contribution in [2.75, 3.05) is 13.1 Å². The van der Waals surface area contributed by atoms with Crippen molar-refractivity contribution in [1.29, 1.82) is 0 Å². The Morgan fingerprint density at radius 2 is 1.85 bits per heavy atom. The van der Waals surface area contributed by atoms with Crippen LogP contribution in [0.4, 0.5) is 4.39 Å². The second-order valence-corrected chi connectivity index (χ2v) is 7.81. The summed E-state index contributed by atoms with van der Waals surface area (Å²) in [5.74, 6) is -0.560. The molecule has 0 saturated carbocycles. The van der Waals surface area contributed by atoms with Gasteiger partial charge in [0, 0.05) is 23.8 Å². The van der Waals surface area contributed by atoms with Crippen LogP contribution in [0.1, 0.15) is 24.2 Å². The number of nitrogens with zero attached hydrogens (tertiary/aromatic N) is 1. The van der Waals surface area contributed by atoms with Crippen molar-refractivity contribution in [3.05, 3.63) is 29.6 Å². The van der Waals surface area contributed by atoms with Crippen LogP contribution in [0, 0.1) is 17.7 Å². The van der Waals surface area contributed by atoms with Crippen molar-refractivity contribution >= 4 is 25.6 Å². The van der Waals surface area contributed by atoms with Gasteiger partial charge in [-0.3, -0.25) is 4.79 Å². The Morgan fingerprint density at radius 3 is 2.30 bits per heavy atom. The molecule has 0 spiro atoms. The third kappa shape index (κ3) is 2.96. The maximum atomic E-state index is 13.9. The van der Waals surface area contributed by atoms with Crippen LogP contribution < -0.4 is 0 Å². The molecule has 1 fully saturated rings. The van der Waals surface area contributed by atoms with Gasteiger partial charge in [-0.15, -0.1) is 0 Å². The Balaban J connectivity index is 2.28. The molecule has 1 heterocycles. The lowest BCUT2D eigenvalue weighted by molar-refractivity contribution is 0.0780. The number of carbonyl (C=O) groups excluding carboxylic acids is 1. The highest BCUT2D eigenvalue weighted by molar-refractivity contribution is 8.13. The van der Waals surface area contributed by atoms with Crippen LogP contribution in [0.5, 0.6) is 0 Å². The van der Waals surface area contributed by atoms with E-state index in [0.717, 1.165) is 12.1 Å². The predicted octanol–water partition coefficient (Wildman–Crippen LogP) is 2.48. The van der Waals surface area contributed by atoms with E-state index in [4.69, 9.17) is 10.7 Å². The van der Waals surface area contributed by atoms with E-state index in [1.807, 2.05) is 13.8 Å². The Labute approximate surface area is 121 Å². The lowest BCUT2D eigenvalue weighted by Gasteiger charge is -2.16. The summed E-state index contributed by atoms with van der Waals surface area (Å²) >= 11 is 0. The van der Waals surface area contributed by atoms with E-state index >= 15 is 0 Å². The third-order valence-corrected chi connectivity index (χ3v) is 5.08. The quantitative estimate of drug-likeness (QED) is 0.787. The summed E-state index contributed by atoms with van der Waals surface area (Å²) in [5, 5.41) is 0. The fourth-order valence-corrected chi connectivity index (χ4v) is 3.05. The highest BCUT2D eigenvalue weighted by atomic mass is 35.7. The van der Waals surface area contributed by atoms with E-state index in [1.165, 1.54) is 6.07 Å². The summed E-state index contributed by atoms with van der Waals surface area (Å²) in [6.07, 6.45) is 0. The molecule has 110 valence electrons. The van der Waals surface area contributed by atoms with Gasteiger partial charge in [0.25, 0.3) is 15.0 Å². The summed E-state index contributed by atoms with van der Waals surface area (Å²) in [5.41, 5.74) is -0.129. The zero-order valence-corrected chi connectivity index (χ0v) is 12.7. The van der Waals surface area contributed by atoms with Crippen LogP contribution in [0.25, 0.3) is 0 Å². The first-order valence-electron chi connectivity index (χ1n) is 6.23. The summed E-state index contributed by atoms with van der Waals surface area (Å²) in [4.78, 5) is 13.5. The van der Waals surface area contributed by atoms with E-state index < -0.39 is 20.8 Å². The third-order valence-electron chi connectivity index (χ3n) is 3.73. The van der Waals surface area contributed by atoms with Gasteiger partial charge in [0.1, 0.15) is 5.82 Å². The molecular weight excluding hydrogens is 305 g/mol. The van der Waals surface area contributed by atoms with Crippen LogP contribution in [0.3, 0.4) is 0 Å². The first-order valence-corrected chi connectivity index (χ1v) is 8.54. The molecule has 1 aromatic rings. The number of benzene rings is 1. The Hall–Kier alpha value is -1.14.